The zero-order chi connectivity index (χ0) is 11.5. The molecule has 2 rings (SSSR count). The zero-order valence-electron chi connectivity index (χ0n) is 11.1. The van der Waals surface area contributed by atoms with Crippen molar-refractivity contribution in [3.63, 3.8) is 0 Å². The van der Waals surface area contributed by atoms with Gasteiger partial charge in [-0.2, -0.15) is 0 Å². The Labute approximate surface area is 100 Å². The highest BCUT2D eigenvalue weighted by atomic mass is 15.2. The van der Waals surface area contributed by atoms with Crippen molar-refractivity contribution in [2.75, 3.05) is 33.2 Å². The van der Waals surface area contributed by atoms with Crippen molar-refractivity contribution in [3.8, 4) is 0 Å². The van der Waals surface area contributed by atoms with Crippen LogP contribution in [-0.4, -0.2) is 61.2 Å². The zero-order valence-corrected chi connectivity index (χ0v) is 11.1. The molecule has 1 unspecified atom stereocenters. The molecule has 94 valence electrons. The maximum atomic E-state index is 3.67. The van der Waals surface area contributed by atoms with E-state index in [0.29, 0.717) is 6.04 Å². The third-order valence-electron chi connectivity index (χ3n) is 3.99. The van der Waals surface area contributed by atoms with Gasteiger partial charge in [-0.1, -0.05) is 13.8 Å². The lowest BCUT2D eigenvalue weighted by Crippen LogP contribution is -2.44. The van der Waals surface area contributed by atoms with Crippen LogP contribution in [0.2, 0.25) is 0 Å². The van der Waals surface area contributed by atoms with E-state index >= 15 is 0 Å². The molecule has 2 aliphatic heterocycles. The minimum Gasteiger partial charge on any atom is -0.310 e. The topological polar surface area (TPSA) is 18.5 Å². The van der Waals surface area contributed by atoms with Crippen molar-refractivity contribution in [1.29, 1.82) is 0 Å². The Kier molecular flexibility index (Phi) is 4.22. The first-order valence-corrected chi connectivity index (χ1v) is 6.84. The van der Waals surface area contributed by atoms with Gasteiger partial charge < -0.3 is 10.2 Å². The van der Waals surface area contributed by atoms with Crippen LogP contribution in [0.5, 0.6) is 0 Å². The molecule has 0 spiro atoms. The van der Waals surface area contributed by atoms with E-state index in [1.165, 1.54) is 45.4 Å². The Hall–Kier alpha value is -0.120. The first kappa shape index (κ1) is 12.3. The van der Waals surface area contributed by atoms with Gasteiger partial charge in [0.05, 0.1) is 0 Å². The standard InChI is InChI=1S/C13H27N3/c1-11(2)14-12-4-9-16(10-12)13-5-7-15(3)8-6-13/h11-14H,4-10H2,1-3H3. The normalized spacial score (nSPS) is 30.4. The highest BCUT2D eigenvalue weighted by Crippen LogP contribution is 2.20. The lowest BCUT2D eigenvalue weighted by Gasteiger charge is -2.35. The number of hydrogen-bond acceptors (Lipinski definition) is 3. The molecule has 0 aromatic carbocycles. The van der Waals surface area contributed by atoms with E-state index in [-0.39, 0.29) is 0 Å². The predicted octanol–water partition coefficient (Wildman–Crippen LogP) is 1.15. The summed E-state index contributed by atoms with van der Waals surface area (Å²) in [5, 5.41) is 3.67. The molecule has 0 radical (unpaired) electrons. The van der Waals surface area contributed by atoms with Crippen molar-refractivity contribution < 1.29 is 0 Å². The molecule has 16 heavy (non-hydrogen) atoms. The largest absolute Gasteiger partial charge is 0.310 e. The summed E-state index contributed by atoms with van der Waals surface area (Å²) in [7, 11) is 2.24. The Bertz CT molecular complexity index is 209. The van der Waals surface area contributed by atoms with Crippen LogP contribution in [-0.2, 0) is 0 Å². The predicted molar refractivity (Wildman–Crippen MR) is 68.8 cm³/mol. The fourth-order valence-electron chi connectivity index (χ4n) is 3.09. The number of hydrogen-bond donors (Lipinski definition) is 1. The van der Waals surface area contributed by atoms with Gasteiger partial charge in [-0.3, -0.25) is 4.90 Å². The fraction of sp³-hybridized carbons (Fsp3) is 1.00. The van der Waals surface area contributed by atoms with E-state index in [0.717, 1.165) is 12.1 Å². The minimum absolute atomic E-state index is 0.627. The summed E-state index contributed by atoms with van der Waals surface area (Å²) in [5.41, 5.74) is 0. The van der Waals surface area contributed by atoms with Crippen LogP contribution in [0.1, 0.15) is 33.1 Å². The van der Waals surface area contributed by atoms with Crippen LogP contribution >= 0.6 is 0 Å². The van der Waals surface area contributed by atoms with Gasteiger partial charge in [-0.25, -0.2) is 0 Å². The summed E-state index contributed by atoms with van der Waals surface area (Å²) in [5.74, 6) is 0. The van der Waals surface area contributed by atoms with Crippen LogP contribution in [0.4, 0.5) is 0 Å². The van der Waals surface area contributed by atoms with Crippen LogP contribution in [0.25, 0.3) is 0 Å². The second kappa shape index (κ2) is 5.48. The average Bonchev–Trinajstić information content (AvgIpc) is 2.66. The Morgan fingerprint density at radius 3 is 2.38 bits per heavy atom. The van der Waals surface area contributed by atoms with E-state index in [9.17, 15) is 0 Å². The SMILES string of the molecule is CC(C)NC1CCN(C2CCN(C)CC2)C1. The van der Waals surface area contributed by atoms with Gasteiger partial charge in [0.2, 0.25) is 0 Å². The summed E-state index contributed by atoms with van der Waals surface area (Å²) in [6.45, 7) is 9.63. The second-order valence-corrected chi connectivity index (χ2v) is 5.84. The third kappa shape index (κ3) is 3.19. The minimum atomic E-state index is 0.627. The number of nitrogens with zero attached hydrogens (tertiary/aromatic N) is 2. The summed E-state index contributed by atoms with van der Waals surface area (Å²) >= 11 is 0. The van der Waals surface area contributed by atoms with Gasteiger partial charge in [0, 0.05) is 31.2 Å². The van der Waals surface area contributed by atoms with Gasteiger partial charge in [0.1, 0.15) is 0 Å². The number of likely N-dealkylation sites (tertiary alicyclic amines) is 2. The summed E-state index contributed by atoms with van der Waals surface area (Å²) in [6, 6.07) is 2.22. The number of nitrogens with one attached hydrogen (secondary N) is 1. The first-order valence-electron chi connectivity index (χ1n) is 6.84. The monoisotopic (exact) mass is 225 g/mol. The van der Waals surface area contributed by atoms with E-state index in [2.05, 4.69) is 36.0 Å². The molecule has 3 heteroatoms. The molecule has 2 aliphatic rings. The van der Waals surface area contributed by atoms with Crippen molar-refractivity contribution >= 4 is 0 Å². The first-order chi connectivity index (χ1) is 7.65. The maximum absolute atomic E-state index is 3.67. The molecule has 0 amide bonds. The molecule has 3 nitrogen and oxygen atoms in total. The van der Waals surface area contributed by atoms with Crippen molar-refractivity contribution in [2.45, 2.75) is 51.2 Å². The Morgan fingerprint density at radius 2 is 1.75 bits per heavy atom. The van der Waals surface area contributed by atoms with Gasteiger partial charge in [0.15, 0.2) is 0 Å². The number of rotatable bonds is 3. The highest BCUT2D eigenvalue weighted by Gasteiger charge is 2.29. The van der Waals surface area contributed by atoms with E-state index in [1.54, 1.807) is 0 Å². The van der Waals surface area contributed by atoms with Crippen LogP contribution in [0.15, 0.2) is 0 Å². The Balaban J connectivity index is 1.75. The quantitative estimate of drug-likeness (QED) is 0.777. The van der Waals surface area contributed by atoms with Gasteiger partial charge in [0.25, 0.3) is 0 Å². The number of piperidine rings is 1. The van der Waals surface area contributed by atoms with Crippen molar-refractivity contribution in [1.82, 2.24) is 15.1 Å². The molecular weight excluding hydrogens is 198 g/mol. The lowest BCUT2D eigenvalue weighted by atomic mass is 10.0. The molecule has 2 saturated heterocycles. The highest BCUT2D eigenvalue weighted by molar-refractivity contribution is 4.88. The molecule has 0 bridgehead atoms. The summed E-state index contributed by atoms with van der Waals surface area (Å²) in [6.07, 6.45) is 4.07. The molecule has 0 aromatic rings. The maximum Gasteiger partial charge on any atom is 0.0209 e. The van der Waals surface area contributed by atoms with Gasteiger partial charge in [-0.15, -0.1) is 0 Å². The van der Waals surface area contributed by atoms with E-state index in [1.807, 2.05) is 0 Å². The van der Waals surface area contributed by atoms with Crippen molar-refractivity contribution in [3.05, 3.63) is 0 Å². The lowest BCUT2D eigenvalue weighted by molar-refractivity contribution is 0.141. The second-order valence-electron chi connectivity index (χ2n) is 5.84. The van der Waals surface area contributed by atoms with Crippen molar-refractivity contribution in [2.24, 2.45) is 0 Å². The molecule has 1 N–H and O–H groups in total. The average molecular weight is 225 g/mol. The molecule has 0 saturated carbocycles. The van der Waals surface area contributed by atoms with E-state index in [4.69, 9.17) is 0 Å². The van der Waals surface area contributed by atoms with Crippen LogP contribution < -0.4 is 5.32 Å². The molecule has 2 heterocycles. The third-order valence-corrected chi connectivity index (χ3v) is 3.99. The van der Waals surface area contributed by atoms with Gasteiger partial charge >= 0.3 is 0 Å². The van der Waals surface area contributed by atoms with Crippen LogP contribution in [0, 0.1) is 0 Å². The van der Waals surface area contributed by atoms with Gasteiger partial charge in [-0.05, 0) is 39.4 Å². The summed E-state index contributed by atoms with van der Waals surface area (Å²) < 4.78 is 0. The molecule has 1 atom stereocenters. The molecular formula is C13H27N3. The Morgan fingerprint density at radius 1 is 1.06 bits per heavy atom. The van der Waals surface area contributed by atoms with E-state index < -0.39 is 0 Å². The van der Waals surface area contributed by atoms with Crippen LogP contribution in [0.3, 0.4) is 0 Å². The fourth-order valence-corrected chi connectivity index (χ4v) is 3.09. The molecule has 2 fully saturated rings. The summed E-state index contributed by atoms with van der Waals surface area (Å²) in [4.78, 5) is 5.17. The molecule has 0 aromatic heterocycles. The smallest absolute Gasteiger partial charge is 0.0209 e. The molecule has 0 aliphatic carbocycles.